The molecule has 0 saturated heterocycles. The van der Waals surface area contributed by atoms with Crippen LogP contribution in [0.25, 0.3) is 0 Å². The molecule has 17 heavy (non-hydrogen) atoms. The van der Waals surface area contributed by atoms with Gasteiger partial charge in [0.25, 0.3) is 0 Å². The van der Waals surface area contributed by atoms with Crippen LogP contribution in [-0.2, 0) is 17.6 Å². The number of fused-ring (bicyclic) bond motifs is 1. The number of carbonyl (C=O) groups excluding carboxylic acids is 1. The predicted molar refractivity (Wildman–Crippen MR) is 67.1 cm³/mol. The molecule has 0 fully saturated rings. The minimum Gasteiger partial charge on any atom is -0.339 e. The average molecular weight is 225 g/mol. The van der Waals surface area contributed by atoms with E-state index in [0.29, 0.717) is 0 Å². The summed E-state index contributed by atoms with van der Waals surface area (Å²) in [7, 11) is 0. The minimum absolute atomic E-state index is 0.165. The summed E-state index contributed by atoms with van der Waals surface area (Å²) in [5.41, 5.74) is 3.86. The van der Waals surface area contributed by atoms with E-state index >= 15 is 0 Å². The second-order valence-electron chi connectivity index (χ2n) is 4.68. The monoisotopic (exact) mass is 225 g/mol. The number of Topliss-reactive ketones (excluding diaryl/α,β-unsaturated/α-hetero) is 1. The number of nitrogens with zero attached hydrogens (tertiary/aromatic N) is 1. The molecule has 2 nitrogen and oxygen atoms in total. The maximum absolute atomic E-state index is 11.9. The number of ketones is 1. The lowest BCUT2D eigenvalue weighted by Gasteiger charge is -2.16. The Morgan fingerprint density at radius 3 is 2.18 bits per heavy atom. The van der Waals surface area contributed by atoms with Crippen LogP contribution in [-0.4, -0.2) is 10.4 Å². The van der Waals surface area contributed by atoms with Crippen molar-refractivity contribution in [2.75, 3.05) is 0 Å². The van der Waals surface area contributed by atoms with Crippen LogP contribution in [0.15, 0.2) is 42.7 Å². The zero-order valence-corrected chi connectivity index (χ0v) is 9.89. The molecule has 3 rings (SSSR count). The lowest BCUT2D eigenvalue weighted by molar-refractivity contribution is -0.119. The fourth-order valence-electron chi connectivity index (χ4n) is 2.51. The third-order valence-corrected chi connectivity index (χ3v) is 3.48. The first kappa shape index (κ1) is 10.3. The van der Waals surface area contributed by atoms with Crippen LogP contribution in [0.4, 0.5) is 0 Å². The van der Waals surface area contributed by atoms with Crippen molar-refractivity contribution < 1.29 is 4.79 Å². The standard InChI is InChI=1S/C15H15NO/c1-11(17)15(12-5-3-2-4-6-12)16-9-13-7-8-14(13)10-16/h2-6,9-10,15H,7-8H2,1H3. The zero-order valence-electron chi connectivity index (χ0n) is 9.89. The van der Waals surface area contributed by atoms with Gasteiger partial charge in [0, 0.05) is 12.4 Å². The lowest BCUT2D eigenvalue weighted by Crippen LogP contribution is -2.16. The Hall–Kier alpha value is -1.83. The van der Waals surface area contributed by atoms with Crippen molar-refractivity contribution in [1.82, 2.24) is 4.57 Å². The number of rotatable bonds is 3. The molecule has 1 heterocycles. The summed E-state index contributed by atoms with van der Waals surface area (Å²) in [4.78, 5) is 11.9. The summed E-state index contributed by atoms with van der Waals surface area (Å²) in [6.07, 6.45) is 6.55. The van der Waals surface area contributed by atoms with Crippen LogP contribution in [0.3, 0.4) is 0 Å². The summed E-state index contributed by atoms with van der Waals surface area (Å²) in [6, 6.07) is 9.81. The van der Waals surface area contributed by atoms with Crippen molar-refractivity contribution >= 4 is 5.78 Å². The Morgan fingerprint density at radius 2 is 1.71 bits per heavy atom. The van der Waals surface area contributed by atoms with Gasteiger partial charge in [-0.15, -0.1) is 0 Å². The fourth-order valence-corrected chi connectivity index (χ4v) is 2.51. The SMILES string of the molecule is CC(=O)C(c1ccccc1)n1cc2c(c1)CC2. The Kier molecular flexibility index (Phi) is 2.36. The number of carbonyl (C=O) groups is 1. The maximum atomic E-state index is 11.9. The quantitative estimate of drug-likeness (QED) is 0.787. The van der Waals surface area contributed by atoms with E-state index < -0.39 is 0 Å². The van der Waals surface area contributed by atoms with Gasteiger partial charge in [0.15, 0.2) is 5.78 Å². The minimum atomic E-state index is -0.165. The predicted octanol–water partition coefficient (Wildman–Crippen LogP) is 2.77. The summed E-state index contributed by atoms with van der Waals surface area (Å²) < 4.78 is 2.06. The molecule has 2 aromatic rings. The van der Waals surface area contributed by atoms with Gasteiger partial charge in [-0.1, -0.05) is 30.3 Å². The summed E-state index contributed by atoms with van der Waals surface area (Å²) >= 11 is 0. The van der Waals surface area contributed by atoms with Gasteiger partial charge < -0.3 is 4.57 Å². The number of hydrogen-bond donors (Lipinski definition) is 0. The third-order valence-electron chi connectivity index (χ3n) is 3.48. The molecule has 1 aliphatic carbocycles. The molecule has 0 radical (unpaired) electrons. The largest absolute Gasteiger partial charge is 0.339 e. The molecule has 1 aromatic carbocycles. The molecule has 86 valence electrons. The highest BCUT2D eigenvalue weighted by molar-refractivity contribution is 5.83. The highest BCUT2D eigenvalue weighted by atomic mass is 16.1. The van der Waals surface area contributed by atoms with Gasteiger partial charge in [-0.05, 0) is 36.5 Å². The smallest absolute Gasteiger partial charge is 0.157 e. The van der Waals surface area contributed by atoms with Gasteiger partial charge in [-0.25, -0.2) is 0 Å². The first-order valence-corrected chi connectivity index (χ1v) is 6.00. The van der Waals surface area contributed by atoms with E-state index in [1.165, 1.54) is 11.1 Å². The van der Waals surface area contributed by atoms with Gasteiger partial charge in [0.1, 0.15) is 6.04 Å². The Bertz CT molecular complexity index is 532. The van der Waals surface area contributed by atoms with Gasteiger partial charge >= 0.3 is 0 Å². The van der Waals surface area contributed by atoms with E-state index in [1.807, 2.05) is 30.3 Å². The van der Waals surface area contributed by atoms with Crippen LogP contribution < -0.4 is 0 Å². The summed E-state index contributed by atoms with van der Waals surface area (Å²) in [6.45, 7) is 1.66. The van der Waals surface area contributed by atoms with Crippen molar-refractivity contribution in [3.8, 4) is 0 Å². The van der Waals surface area contributed by atoms with Crippen molar-refractivity contribution in [2.45, 2.75) is 25.8 Å². The van der Waals surface area contributed by atoms with Gasteiger partial charge in [0.2, 0.25) is 0 Å². The van der Waals surface area contributed by atoms with Gasteiger partial charge in [-0.2, -0.15) is 0 Å². The molecule has 0 saturated carbocycles. The molecule has 0 aliphatic heterocycles. The second-order valence-corrected chi connectivity index (χ2v) is 4.68. The molecule has 1 unspecified atom stereocenters. The highest BCUT2D eigenvalue weighted by Crippen LogP contribution is 2.28. The molecule has 0 spiro atoms. The Labute approximate surface area is 101 Å². The third kappa shape index (κ3) is 1.70. The normalized spacial score (nSPS) is 14.9. The molecule has 0 bridgehead atoms. The van der Waals surface area contributed by atoms with E-state index in [0.717, 1.165) is 18.4 Å². The van der Waals surface area contributed by atoms with Crippen LogP contribution in [0.2, 0.25) is 0 Å². The maximum Gasteiger partial charge on any atom is 0.157 e. The fraction of sp³-hybridized carbons (Fsp3) is 0.267. The van der Waals surface area contributed by atoms with Gasteiger partial charge in [0.05, 0.1) is 0 Å². The molecule has 0 N–H and O–H groups in total. The second kappa shape index (κ2) is 3.88. The van der Waals surface area contributed by atoms with Gasteiger partial charge in [-0.3, -0.25) is 4.79 Å². The van der Waals surface area contributed by atoms with Crippen molar-refractivity contribution in [3.05, 3.63) is 59.4 Å². The summed E-state index contributed by atoms with van der Waals surface area (Å²) in [5.74, 6) is 0.186. The Morgan fingerprint density at radius 1 is 1.12 bits per heavy atom. The molecule has 0 amide bonds. The van der Waals surface area contributed by atoms with Crippen LogP contribution >= 0.6 is 0 Å². The number of benzene rings is 1. The first-order valence-electron chi connectivity index (χ1n) is 6.00. The van der Waals surface area contributed by atoms with E-state index in [9.17, 15) is 4.79 Å². The zero-order chi connectivity index (χ0) is 11.8. The number of hydrogen-bond acceptors (Lipinski definition) is 1. The molecule has 1 aromatic heterocycles. The van der Waals surface area contributed by atoms with E-state index in [4.69, 9.17) is 0 Å². The number of aryl methyl sites for hydroxylation is 2. The van der Waals surface area contributed by atoms with Crippen LogP contribution in [0.1, 0.15) is 29.7 Å². The molecule has 1 aliphatic rings. The average Bonchev–Trinajstić information content (AvgIpc) is 2.57. The first-order chi connectivity index (χ1) is 8.25. The molecule has 1 atom stereocenters. The summed E-state index contributed by atoms with van der Waals surface area (Å²) in [5, 5.41) is 0. The van der Waals surface area contributed by atoms with Crippen molar-refractivity contribution in [1.29, 1.82) is 0 Å². The van der Waals surface area contributed by atoms with E-state index in [2.05, 4.69) is 17.0 Å². The van der Waals surface area contributed by atoms with E-state index in [-0.39, 0.29) is 11.8 Å². The van der Waals surface area contributed by atoms with Crippen molar-refractivity contribution in [3.63, 3.8) is 0 Å². The topological polar surface area (TPSA) is 22.0 Å². The highest BCUT2D eigenvalue weighted by Gasteiger charge is 2.22. The molecular formula is C15H15NO. The molecular weight excluding hydrogens is 210 g/mol. The van der Waals surface area contributed by atoms with Crippen LogP contribution in [0.5, 0.6) is 0 Å². The lowest BCUT2D eigenvalue weighted by atomic mass is 9.94. The Balaban J connectivity index is 2.03. The number of aromatic nitrogens is 1. The van der Waals surface area contributed by atoms with Crippen molar-refractivity contribution in [2.24, 2.45) is 0 Å². The van der Waals surface area contributed by atoms with Crippen LogP contribution in [0, 0.1) is 0 Å². The van der Waals surface area contributed by atoms with E-state index in [1.54, 1.807) is 6.92 Å². The molecule has 2 heteroatoms.